The summed E-state index contributed by atoms with van der Waals surface area (Å²) in [5.41, 5.74) is 2.30. The van der Waals surface area contributed by atoms with Crippen LogP contribution in [-0.4, -0.2) is 36.0 Å². The summed E-state index contributed by atoms with van der Waals surface area (Å²) in [6.45, 7) is 18.6. The predicted octanol–water partition coefficient (Wildman–Crippen LogP) is -6.59. The molecule has 1 heterocycles. The van der Waals surface area contributed by atoms with Crippen molar-refractivity contribution in [1.82, 2.24) is 10.2 Å². The molecule has 0 aliphatic carbocycles. The molecule has 0 saturated heterocycles. The summed E-state index contributed by atoms with van der Waals surface area (Å²) in [4.78, 5) is 29.7. The van der Waals surface area contributed by atoms with Crippen LogP contribution in [-0.2, 0) is 9.59 Å². The summed E-state index contributed by atoms with van der Waals surface area (Å²) in [7, 11) is 0. The van der Waals surface area contributed by atoms with Crippen LogP contribution in [0.1, 0.15) is 26.7 Å². The third-order valence-corrected chi connectivity index (χ3v) is 3.65. The van der Waals surface area contributed by atoms with Crippen molar-refractivity contribution in [2.24, 2.45) is 0 Å². The molecule has 27 heavy (non-hydrogen) atoms. The number of hydrogen-bond donors (Lipinski definition) is 1. The minimum atomic E-state index is -1.48. The van der Waals surface area contributed by atoms with Crippen molar-refractivity contribution in [3.05, 3.63) is 57.8 Å². The smallest absolute Gasteiger partial charge is 0.550 e. The topological polar surface area (TPSA) is 104 Å². The molecule has 132 valence electrons. The van der Waals surface area contributed by atoms with Gasteiger partial charge in [-0.25, -0.2) is 0 Å². The fourth-order valence-electron chi connectivity index (χ4n) is 2.48. The van der Waals surface area contributed by atoms with E-state index in [-0.39, 0.29) is 64.9 Å². The van der Waals surface area contributed by atoms with E-state index in [2.05, 4.69) is 15.0 Å². The number of allylic oxidation sites excluding steroid dienone is 5. The van der Waals surface area contributed by atoms with Crippen molar-refractivity contribution in [3.63, 3.8) is 0 Å². The van der Waals surface area contributed by atoms with E-state index >= 15 is 0 Å². The number of nitrogens with zero attached hydrogens (tertiary/aromatic N) is 3. The van der Waals surface area contributed by atoms with Gasteiger partial charge in [-0.05, 0) is 39.0 Å². The molecule has 0 amide bonds. The zero-order chi connectivity index (χ0) is 19.0. The fourth-order valence-corrected chi connectivity index (χ4v) is 2.48. The van der Waals surface area contributed by atoms with Gasteiger partial charge in [0.05, 0.1) is 17.6 Å². The van der Waals surface area contributed by atoms with Gasteiger partial charge in [0.1, 0.15) is 13.1 Å². The van der Waals surface area contributed by atoms with Gasteiger partial charge in [0.15, 0.2) is 0 Å². The van der Waals surface area contributed by atoms with Crippen LogP contribution in [0, 0.1) is 13.1 Å². The number of carboxylic acid groups (broad SMARTS) is 2. The Morgan fingerprint density at radius 1 is 1.15 bits per heavy atom. The summed E-state index contributed by atoms with van der Waals surface area (Å²) < 4.78 is 0. The van der Waals surface area contributed by atoms with E-state index in [4.69, 9.17) is 13.1 Å². The Kier molecular flexibility index (Phi) is 14.6. The minimum absolute atomic E-state index is 0. The van der Waals surface area contributed by atoms with Crippen LogP contribution < -0.4 is 74.6 Å². The van der Waals surface area contributed by atoms with Crippen molar-refractivity contribution in [2.45, 2.75) is 32.7 Å². The van der Waals surface area contributed by atoms with Crippen molar-refractivity contribution in [2.75, 3.05) is 13.1 Å². The first-order valence-electron chi connectivity index (χ1n) is 7.57. The van der Waals surface area contributed by atoms with Crippen LogP contribution in [0.25, 0.3) is 9.69 Å². The summed E-state index contributed by atoms with van der Waals surface area (Å²) in [6.07, 6.45) is 3.43. The van der Waals surface area contributed by atoms with E-state index in [9.17, 15) is 19.8 Å². The maximum Gasteiger partial charge on any atom is 1.00 e. The molecule has 0 radical (unpaired) electrons. The van der Waals surface area contributed by atoms with Gasteiger partial charge in [-0.3, -0.25) is 0 Å². The summed E-state index contributed by atoms with van der Waals surface area (Å²) in [5.74, 6) is -2.92. The zero-order valence-corrected chi connectivity index (χ0v) is 20.0. The second-order valence-electron chi connectivity index (χ2n) is 5.48. The van der Waals surface area contributed by atoms with E-state index < -0.39 is 24.4 Å². The first kappa shape index (κ1) is 28.1. The summed E-state index contributed by atoms with van der Waals surface area (Å²) in [5, 5.41) is 24.0. The number of carbonyl (C=O) groups excluding carboxylic acids is 2. The van der Waals surface area contributed by atoms with Gasteiger partial charge in [0.2, 0.25) is 0 Å². The van der Waals surface area contributed by atoms with Gasteiger partial charge >= 0.3 is 64.9 Å². The molecule has 0 aromatic heterocycles. The first-order chi connectivity index (χ1) is 11.8. The van der Waals surface area contributed by atoms with Gasteiger partial charge in [-0.15, -0.1) is 0 Å². The molecule has 0 aromatic rings. The molecule has 1 rings (SSSR count). The number of nitrogens with one attached hydrogen (secondary N) is 1. The first-order valence-corrected chi connectivity index (χ1v) is 7.57. The average Bonchev–Trinajstić information content (AvgIpc) is 2.52. The molecule has 0 aromatic carbocycles. The Morgan fingerprint density at radius 2 is 1.67 bits per heavy atom. The molecule has 0 fully saturated rings. The molecule has 10 heteroatoms. The Labute approximate surface area is 203 Å². The van der Waals surface area contributed by atoms with Crippen LogP contribution in [0.2, 0.25) is 0 Å². The molecular weight excluding hydrogens is 370 g/mol. The van der Waals surface area contributed by atoms with Gasteiger partial charge in [0.25, 0.3) is 0 Å². The number of carbonyl (C=O) groups is 2. The zero-order valence-electron chi connectivity index (χ0n) is 16.0. The Hall–Kier alpha value is -1.10. The van der Waals surface area contributed by atoms with Gasteiger partial charge in [-0.2, -0.15) is 9.69 Å². The van der Waals surface area contributed by atoms with Crippen LogP contribution in [0.5, 0.6) is 0 Å². The fraction of sp³-hybridized carbons (Fsp3) is 0.412. The molecular formula is C17H18N4Na2O4. The molecule has 0 bridgehead atoms. The van der Waals surface area contributed by atoms with E-state index in [1.54, 1.807) is 12.2 Å². The molecule has 8 nitrogen and oxygen atoms in total. The summed E-state index contributed by atoms with van der Waals surface area (Å²) in [6, 6.07) is -1.28. The Morgan fingerprint density at radius 3 is 2.07 bits per heavy atom. The third kappa shape index (κ3) is 9.09. The maximum atomic E-state index is 10.8. The number of carboxylic acids is 2. The van der Waals surface area contributed by atoms with E-state index in [0.717, 1.165) is 11.4 Å². The normalized spacial score (nSPS) is 13.6. The van der Waals surface area contributed by atoms with Gasteiger partial charge in [-0.1, -0.05) is 0 Å². The molecule has 1 atom stereocenters. The van der Waals surface area contributed by atoms with Crippen molar-refractivity contribution in [1.29, 1.82) is 0 Å². The molecule has 1 aliphatic heterocycles. The molecule has 0 spiro atoms. The number of rotatable bonds is 8. The van der Waals surface area contributed by atoms with Crippen LogP contribution in [0.15, 0.2) is 34.9 Å². The Bertz CT molecular complexity index is 694. The molecule has 1 N–H and O–H groups in total. The monoisotopic (exact) mass is 388 g/mol. The largest absolute Gasteiger partial charge is 1.00 e. The van der Waals surface area contributed by atoms with Crippen LogP contribution in [0.3, 0.4) is 0 Å². The standard InChI is InChI=1S/C17H20N4O4.2Na/c1-11-8-13(16(18-3)19-4)9-12(2)21(11)7-5-6-20-14(17(24)25)10-15(22)23;;/h8-9,14,20H,5-7,10H2,1-2H3,(H,22,23)(H,24,25);;/q;2*+1/p-2. The van der Waals surface area contributed by atoms with Gasteiger partial charge in [0, 0.05) is 30.3 Å². The minimum Gasteiger partial charge on any atom is -0.550 e. The predicted molar refractivity (Wildman–Crippen MR) is 85.5 cm³/mol. The van der Waals surface area contributed by atoms with Crippen LogP contribution in [0.4, 0.5) is 0 Å². The van der Waals surface area contributed by atoms with E-state index in [1.807, 2.05) is 18.7 Å². The maximum absolute atomic E-state index is 10.8. The SMILES string of the molecule is [C-]#[N+]C([N+]#[C-])=C1C=C(C)N(CCCNC(CC(=O)[O-])C(=O)[O-])C(C)=C1.[Na+].[Na+]. The van der Waals surface area contributed by atoms with E-state index in [1.165, 1.54) is 0 Å². The average molecular weight is 388 g/mol. The summed E-state index contributed by atoms with van der Waals surface area (Å²) >= 11 is 0. The number of hydrogen-bond acceptors (Lipinski definition) is 6. The second-order valence-corrected chi connectivity index (χ2v) is 5.48. The third-order valence-electron chi connectivity index (χ3n) is 3.65. The van der Waals surface area contributed by atoms with Crippen molar-refractivity contribution < 1.29 is 78.9 Å². The van der Waals surface area contributed by atoms with E-state index in [0.29, 0.717) is 25.1 Å². The Balaban J connectivity index is 0. The van der Waals surface area contributed by atoms with Gasteiger partial charge < -0.3 is 30.0 Å². The van der Waals surface area contributed by atoms with Crippen molar-refractivity contribution >= 4 is 11.9 Å². The molecule has 0 saturated carbocycles. The van der Waals surface area contributed by atoms with Crippen LogP contribution >= 0.6 is 0 Å². The number of aliphatic carboxylic acids is 2. The molecule has 1 aliphatic rings. The second kappa shape index (κ2) is 14.0. The molecule has 1 unspecified atom stereocenters. The van der Waals surface area contributed by atoms with Crippen molar-refractivity contribution in [3.8, 4) is 0 Å². The quantitative estimate of drug-likeness (QED) is 0.252.